The van der Waals surface area contributed by atoms with Gasteiger partial charge in [-0.15, -0.1) is 11.3 Å². The van der Waals surface area contributed by atoms with Crippen molar-refractivity contribution in [1.82, 2.24) is 10.3 Å². The second-order valence-corrected chi connectivity index (χ2v) is 6.96. The molecule has 0 aromatic carbocycles. The van der Waals surface area contributed by atoms with Gasteiger partial charge < -0.3 is 19.7 Å². The molecule has 0 spiro atoms. The summed E-state index contributed by atoms with van der Waals surface area (Å²) in [6.07, 6.45) is 0.223. The predicted octanol–water partition coefficient (Wildman–Crippen LogP) is 2.01. The van der Waals surface area contributed by atoms with Crippen LogP contribution in [0, 0.1) is 0 Å². The van der Waals surface area contributed by atoms with Crippen LogP contribution in [-0.2, 0) is 22.6 Å². The zero-order valence-electron chi connectivity index (χ0n) is 13.0. The van der Waals surface area contributed by atoms with Crippen molar-refractivity contribution in [3.05, 3.63) is 10.6 Å². The molecule has 0 aliphatic carbocycles. The van der Waals surface area contributed by atoms with Gasteiger partial charge in [0.05, 0.1) is 24.0 Å². The molecule has 1 aromatic heterocycles. The number of methoxy groups -OCH3 is 1. The van der Waals surface area contributed by atoms with Crippen molar-refractivity contribution in [3.63, 3.8) is 0 Å². The summed E-state index contributed by atoms with van der Waals surface area (Å²) in [6.45, 7) is 9.54. The molecule has 1 saturated heterocycles. The smallest absolute Gasteiger partial charge is 0.186 e. The fraction of sp³-hybridized carbons (Fsp3) is 0.786. The van der Waals surface area contributed by atoms with Crippen LogP contribution in [0.3, 0.4) is 0 Å². The molecule has 2 heterocycles. The Morgan fingerprint density at radius 1 is 1.55 bits per heavy atom. The lowest BCUT2D eigenvalue weighted by molar-refractivity contribution is -0.0749. The molecule has 1 fully saturated rings. The average Bonchev–Trinajstić information content (AvgIpc) is 2.71. The highest BCUT2D eigenvalue weighted by atomic mass is 32.1. The summed E-state index contributed by atoms with van der Waals surface area (Å²) in [6, 6.07) is 0. The number of aromatic nitrogens is 1. The van der Waals surface area contributed by atoms with Gasteiger partial charge in [-0.2, -0.15) is 0 Å². The summed E-state index contributed by atoms with van der Waals surface area (Å²) >= 11 is 1.75. The van der Waals surface area contributed by atoms with Gasteiger partial charge in [0, 0.05) is 31.6 Å². The van der Waals surface area contributed by atoms with E-state index in [1.807, 2.05) is 7.05 Å². The molecule has 2 rings (SSSR count). The van der Waals surface area contributed by atoms with Gasteiger partial charge in [-0.25, -0.2) is 4.98 Å². The Balaban J connectivity index is 2.21. The van der Waals surface area contributed by atoms with Crippen molar-refractivity contribution < 1.29 is 9.47 Å². The molecule has 114 valence electrons. The first-order chi connectivity index (χ1) is 9.45. The zero-order chi connectivity index (χ0) is 14.8. The van der Waals surface area contributed by atoms with Crippen LogP contribution in [0.1, 0.15) is 31.3 Å². The van der Waals surface area contributed by atoms with Crippen LogP contribution < -0.4 is 10.2 Å². The number of nitrogens with zero attached hydrogens (tertiary/aromatic N) is 2. The van der Waals surface area contributed by atoms with Crippen LogP contribution in [-0.4, -0.2) is 43.9 Å². The van der Waals surface area contributed by atoms with E-state index < -0.39 is 0 Å². The van der Waals surface area contributed by atoms with Crippen LogP contribution >= 0.6 is 11.3 Å². The molecule has 0 saturated carbocycles. The van der Waals surface area contributed by atoms with Crippen molar-refractivity contribution >= 4 is 16.5 Å². The van der Waals surface area contributed by atoms with Gasteiger partial charge in [0.15, 0.2) is 5.13 Å². The summed E-state index contributed by atoms with van der Waals surface area (Å²) in [5.74, 6) is 0. The second-order valence-electron chi connectivity index (χ2n) is 5.90. The zero-order valence-corrected chi connectivity index (χ0v) is 13.8. The highest BCUT2D eigenvalue weighted by molar-refractivity contribution is 7.15. The minimum atomic E-state index is -0.131. The number of thiazole rings is 1. The van der Waals surface area contributed by atoms with E-state index in [9.17, 15) is 0 Å². The fourth-order valence-electron chi connectivity index (χ4n) is 2.65. The summed E-state index contributed by atoms with van der Waals surface area (Å²) in [5, 5.41) is 4.27. The molecule has 1 atom stereocenters. The maximum Gasteiger partial charge on any atom is 0.186 e. The lowest BCUT2D eigenvalue weighted by atomic mass is 10.1. The van der Waals surface area contributed by atoms with E-state index in [0.717, 1.165) is 30.5 Å². The standard InChI is InChI=1S/C14H25N3O2S/c1-10-7-17(9-14(2,3)19-10)13-16-11(8-18-5)12(20-13)6-15-4/h10,15H,6-9H2,1-5H3. The lowest BCUT2D eigenvalue weighted by Crippen LogP contribution is -2.52. The summed E-state index contributed by atoms with van der Waals surface area (Å²) in [5.41, 5.74) is 0.910. The molecule has 20 heavy (non-hydrogen) atoms. The van der Waals surface area contributed by atoms with Crippen molar-refractivity contribution in [2.24, 2.45) is 0 Å². The van der Waals surface area contributed by atoms with Gasteiger partial charge in [-0.3, -0.25) is 0 Å². The number of anilines is 1. The Kier molecular flexibility index (Phi) is 5.01. The van der Waals surface area contributed by atoms with E-state index in [-0.39, 0.29) is 11.7 Å². The maximum atomic E-state index is 5.96. The van der Waals surface area contributed by atoms with Crippen molar-refractivity contribution in [3.8, 4) is 0 Å². The summed E-state index contributed by atoms with van der Waals surface area (Å²) in [4.78, 5) is 8.35. The number of hydrogen-bond donors (Lipinski definition) is 1. The fourth-order valence-corrected chi connectivity index (χ4v) is 3.74. The monoisotopic (exact) mass is 299 g/mol. The van der Waals surface area contributed by atoms with Crippen LogP contribution in [0.5, 0.6) is 0 Å². The second kappa shape index (κ2) is 6.39. The minimum Gasteiger partial charge on any atom is -0.378 e. The Morgan fingerprint density at radius 3 is 2.90 bits per heavy atom. The summed E-state index contributed by atoms with van der Waals surface area (Å²) < 4.78 is 11.2. The van der Waals surface area contributed by atoms with E-state index in [0.29, 0.717) is 6.61 Å². The minimum absolute atomic E-state index is 0.131. The third kappa shape index (κ3) is 3.69. The summed E-state index contributed by atoms with van der Waals surface area (Å²) in [7, 11) is 3.66. The Bertz CT molecular complexity index is 424. The Labute approximate surface area is 125 Å². The van der Waals surface area contributed by atoms with E-state index in [4.69, 9.17) is 14.5 Å². The molecule has 0 radical (unpaired) electrons. The number of morpholine rings is 1. The van der Waals surface area contributed by atoms with Crippen LogP contribution in [0.4, 0.5) is 5.13 Å². The molecule has 6 heteroatoms. The number of hydrogen-bond acceptors (Lipinski definition) is 6. The van der Waals surface area contributed by atoms with E-state index >= 15 is 0 Å². The van der Waals surface area contributed by atoms with Crippen LogP contribution in [0.25, 0.3) is 0 Å². The van der Waals surface area contributed by atoms with Gasteiger partial charge in [0.2, 0.25) is 0 Å². The average molecular weight is 299 g/mol. The molecule has 1 aromatic rings. The Hall–Kier alpha value is -0.690. The van der Waals surface area contributed by atoms with Crippen molar-refractivity contribution in [2.75, 3.05) is 32.1 Å². The number of ether oxygens (including phenoxy) is 2. The van der Waals surface area contributed by atoms with E-state index in [2.05, 4.69) is 31.0 Å². The third-order valence-corrected chi connectivity index (χ3v) is 4.38. The lowest BCUT2D eigenvalue weighted by Gasteiger charge is -2.41. The molecule has 1 aliphatic heterocycles. The Morgan fingerprint density at radius 2 is 2.30 bits per heavy atom. The quantitative estimate of drug-likeness (QED) is 0.901. The molecule has 1 aliphatic rings. The predicted molar refractivity (Wildman–Crippen MR) is 82.4 cm³/mol. The molecule has 0 amide bonds. The largest absolute Gasteiger partial charge is 0.378 e. The highest BCUT2D eigenvalue weighted by Gasteiger charge is 2.33. The van der Waals surface area contributed by atoms with Gasteiger partial charge in [-0.05, 0) is 27.8 Å². The number of rotatable bonds is 5. The topological polar surface area (TPSA) is 46.6 Å². The molecule has 0 bridgehead atoms. The normalized spacial score (nSPS) is 22.2. The van der Waals surface area contributed by atoms with Crippen molar-refractivity contribution in [2.45, 2.75) is 45.6 Å². The van der Waals surface area contributed by atoms with E-state index in [1.54, 1.807) is 18.4 Å². The van der Waals surface area contributed by atoms with Gasteiger partial charge in [-0.1, -0.05) is 0 Å². The molecule has 1 unspecified atom stereocenters. The molecular weight excluding hydrogens is 274 g/mol. The maximum absolute atomic E-state index is 5.96. The van der Waals surface area contributed by atoms with Gasteiger partial charge in [0.1, 0.15) is 0 Å². The van der Waals surface area contributed by atoms with E-state index in [1.165, 1.54) is 4.88 Å². The first-order valence-electron chi connectivity index (χ1n) is 7.00. The van der Waals surface area contributed by atoms with Gasteiger partial charge >= 0.3 is 0 Å². The SMILES string of the molecule is CNCc1sc(N2CC(C)OC(C)(C)C2)nc1COC. The molecule has 5 nitrogen and oxygen atoms in total. The highest BCUT2D eigenvalue weighted by Crippen LogP contribution is 2.31. The van der Waals surface area contributed by atoms with Crippen LogP contribution in [0.15, 0.2) is 0 Å². The third-order valence-electron chi connectivity index (χ3n) is 3.23. The molecular formula is C14H25N3O2S. The molecule has 1 N–H and O–H groups in total. The van der Waals surface area contributed by atoms with Gasteiger partial charge in [0.25, 0.3) is 0 Å². The van der Waals surface area contributed by atoms with Crippen molar-refractivity contribution in [1.29, 1.82) is 0 Å². The van der Waals surface area contributed by atoms with Crippen LogP contribution in [0.2, 0.25) is 0 Å². The first-order valence-corrected chi connectivity index (χ1v) is 7.81. The first kappa shape index (κ1) is 15.7. The number of nitrogens with one attached hydrogen (secondary N) is 1.